The van der Waals surface area contributed by atoms with Crippen molar-refractivity contribution in [2.45, 2.75) is 0 Å². The molecule has 0 aromatic carbocycles. The van der Waals surface area contributed by atoms with Crippen LogP contribution in [0.25, 0.3) is 0 Å². The topological polar surface area (TPSA) is 172 Å². The first-order chi connectivity index (χ1) is 3.73. The van der Waals surface area contributed by atoms with Gasteiger partial charge in [0.2, 0.25) is 0 Å². The molecule has 0 amide bonds. The number of hydrogen-bond acceptors (Lipinski definition) is 7. The molecule has 0 rings (SSSR count). The van der Waals surface area contributed by atoms with E-state index < -0.39 is 17.7 Å². The van der Waals surface area contributed by atoms with E-state index in [4.69, 9.17) is 32.6 Å². The largest absolute Gasteiger partial charge is 2.00 e. The van der Waals surface area contributed by atoms with Crippen LogP contribution in [-0.4, -0.2) is 45.4 Å². The van der Waals surface area contributed by atoms with Crippen LogP contribution in [0, 0.1) is 0 Å². The Hall–Kier alpha value is 0.398. The third-order valence-electron chi connectivity index (χ3n) is 0. The molecule has 0 aliphatic rings. The number of rotatable bonds is 0. The molecular formula is H5BO8SZn. The molecule has 0 heterocycles. The smallest absolute Gasteiger partial charge is 0.759 e. The van der Waals surface area contributed by atoms with Crippen molar-refractivity contribution in [3.8, 4) is 0 Å². The van der Waals surface area contributed by atoms with Crippen molar-refractivity contribution in [3.63, 3.8) is 0 Å². The van der Waals surface area contributed by atoms with E-state index in [9.17, 15) is 0 Å². The summed E-state index contributed by atoms with van der Waals surface area (Å²) in [5.41, 5.74) is 0. The van der Waals surface area contributed by atoms with Gasteiger partial charge in [-0.05, 0) is 0 Å². The van der Waals surface area contributed by atoms with E-state index in [1.165, 1.54) is 0 Å². The molecule has 0 aliphatic carbocycles. The van der Waals surface area contributed by atoms with Crippen molar-refractivity contribution in [3.05, 3.63) is 0 Å². The summed E-state index contributed by atoms with van der Waals surface area (Å²) in [7, 11) is -7.33. The van der Waals surface area contributed by atoms with Gasteiger partial charge in [0.05, 0.1) is 0 Å². The maximum absolute atomic E-state index is 8.52. The standard InChI is InChI=1S/BH3O3.H2O4S.H2O.Zn/c2-1(3)4;1-5(2,3)4;;/h2-4H;(H2,1,2,3,4);1H2;/q;;;+2/p-2. The molecule has 8 nitrogen and oxygen atoms in total. The fourth-order valence-corrected chi connectivity index (χ4v) is 0. The average molecular weight is 241 g/mol. The monoisotopic (exact) mass is 240 g/mol. The zero-order chi connectivity index (χ0) is 8.08. The van der Waals surface area contributed by atoms with Crippen molar-refractivity contribution in [1.29, 1.82) is 0 Å². The van der Waals surface area contributed by atoms with Crippen LogP contribution >= 0.6 is 0 Å². The first-order valence-corrected chi connectivity index (χ1v) is 2.77. The van der Waals surface area contributed by atoms with Crippen molar-refractivity contribution in [2.24, 2.45) is 0 Å². The van der Waals surface area contributed by atoms with E-state index in [-0.39, 0.29) is 25.0 Å². The molecule has 0 fully saturated rings. The van der Waals surface area contributed by atoms with Crippen molar-refractivity contribution in [1.82, 2.24) is 0 Å². The third-order valence-corrected chi connectivity index (χ3v) is 0. The van der Waals surface area contributed by atoms with Crippen molar-refractivity contribution < 1.29 is 57.5 Å². The van der Waals surface area contributed by atoms with E-state index in [0.717, 1.165) is 0 Å². The number of hydrogen-bond donors (Lipinski definition) is 3. The molecule has 11 heavy (non-hydrogen) atoms. The molecule has 0 bridgehead atoms. The van der Waals surface area contributed by atoms with E-state index in [1.807, 2.05) is 0 Å². The molecule has 0 spiro atoms. The van der Waals surface area contributed by atoms with Gasteiger partial charge in [0.1, 0.15) is 0 Å². The van der Waals surface area contributed by atoms with Gasteiger partial charge >= 0.3 is 26.8 Å². The third kappa shape index (κ3) is 4620. The predicted molar refractivity (Wildman–Crippen MR) is 26.5 cm³/mol. The Kier molecular flexibility index (Phi) is 21.3. The minimum Gasteiger partial charge on any atom is -0.759 e. The predicted octanol–water partition coefficient (Wildman–Crippen LogP) is -4.22. The van der Waals surface area contributed by atoms with Crippen molar-refractivity contribution >= 4 is 17.7 Å². The van der Waals surface area contributed by atoms with Gasteiger partial charge < -0.3 is 29.7 Å². The Balaban J connectivity index is -0.0000000383. The van der Waals surface area contributed by atoms with Crippen molar-refractivity contribution in [2.75, 3.05) is 0 Å². The van der Waals surface area contributed by atoms with Gasteiger partial charge in [0.15, 0.2) is 0 Å². The molecule has 0 aromatic rings. The van der Waals surface area contributed by atoms with Crippen LogP contribution in [0.15, 0.2) is 0 Å². The molecule has 0 atom stereocenters. The van der Waals surface area contributed by atoms with Crippen LogP contribution in [-0.2, 0) is 29.9 Å². The minimum atomic E-state index is -5.17. The summed E-state index contributed by atoms with van der Waals surface area (Å²) >= 11 is 0. The van der Waals surface area contributed by atoms with E-state index >= 15 is 0 Å². The summed E-state index contributed by atoms with van der Waals surface area (Å²) in [5, 5.41) is 21.5. The quantitative estimate of drug-likeness (QED) is 0.219. The average Bonchev–Trinajstić information content (AvgIpc) is 1.19. The summed E-state index contributed by atoms with van der Waals surface area (Å²) in [4.78, 5) is 0. The van der Waals surface area contributed by atoms with Crippen LogP contribution < -0.4 is 0 Å². The van der Waals surface area contributed by atoms with Crippen LogP contribution in [0.3, 0.4) is 0 Å². The first-order valence-electron chi connectivity index (χ1n) is 1.44. The molecule has 0 unspecified atom stereocenters. The zero-order valence-corrected chi connectivity index (χ0v) is 8.95. The van der Waals surface area contributed by atoms with E-state index in [1.54, 1.807) is 0 Å². The van der Waals surface area contributed by atoms with Crippen LogP contribution in [0.5, 0.6) is 0 Å². The Morgan fingerprint density at radius 3 is 1.09 bits per heavy atom. The van der Waals surface area contributed by atoms with Gasteiger partial charge in [0, 0.05) is 10.4 Å². The molecule has 0 saturated carbocycles. The molecule has 0 radical (unpaired) electrons. The SMILES string of the molecule is O.O=S(=O)([O-])[O-].OB(O)O.[Zn+2]. The van der Waals surface area contributed by atoms with Gasteiger partial charge in [0.25, 0.3) is 0 Å². The van der Waals surface area contributed by atoms with Gasteiger partial charge in [-0.25, -0.2) is 0 Å². The Bertz CT molecular complexity index is 125. The normalized spacial score (nSPS) is 7.73. The van der Waals surface area contributed by atoms with Crippen LogP contribution in [0.2, 0.25) is 0 Å². The summed E-state index contributed by atoms with van der Waals surface area (Å²) in [5.74, 6) is 0. The van der Waals surface area contributed by atoms with Crippen LogP contribution in [0.1, 0.15) is 0 Å². The second kappa shape index (κ2) is 10.4. The summed E-state index contributed by atoms with van der Waals surface area (Å²) < 4.78 is 34.1. The molecule has 5 N–H and O–H groups in total. The molecule has 0 aromatic heterocycles. The van der Waals surface area contributed by atoms with Gasteiger partial charge in [-0.2, -0.15) is 0 Å². The van der Waals surface area contributed by atoms with E-state index in [2.05, 4.69) is 0 Å². The molecule has 0 saturated heterocycles. The molecule has 64 valence electrons. The first kappa shape index (κ1) is 22.5. The summed E-state index contributed by atoms with van der Waals surface area (Å²) in [6, 6.07) is 0. The Morgan fingerprint density at radius 2 is 1.09 bits per heavy atom. The maximum atomic E-state index is 8.52. The second-order valence-electron chi connectivity index (χ2n) is 0.755. The van der Waals surface area contributed by atoms with Gasteiger partial charge in [-0.3, -0.25) is 8.42 Å². The second-order valence-corrected chi connectivity index (χ2v) is 1.57. The minimum absolute atomic E-state index is 0. The fourth-order valence-electron chi connectivity index (χ4n) is 0. The maximum Gasteiger partial charge on any atom is 2.00 e. The summed E-state index contributed by atoms with van der Waals surface area (Å²) in [6.07, 6.45) is 0. The van der Waals surface area contributed by atoms with Crippen LogP contribution in [0.4, 0.5) is 0 Å². The Labute approximate surface area is 75.7 Å². The Morgan fingerprint density at radius 1 is 1.09 bits per heavy atom. The molecule has 11 heteroatoms. The van der Waals surface area contributed by atoms with Gasteiger partial charge in [-0.15, -0.1) is 0 Å². The zero-order valence-electron chi connectivity index (χ0n) is 5.17. The van der Waals surface area contributed by atoms with E-state index in [0.29, 0.717) is 0 Å². The van der Waals surface area contributed by atoms with Gasteiger partial charge in [-0.1, -0.05) is 0 Å². The summed E-state index contributed by atoms with van der Waals surface area (Å²) in [6.45, 7) is 0. The fraction of sp³-hybridized carbons (Fsp3) is 0. The molecular weight excluding hydrogens is 236 g/mol. The molecule has 0 aliphatic heterocycles.